The number of aromatic nitrogens is 3. The maximum Gasteiger partial charge on any atom is 0.277 e. The van der Waals surface area contributed by atoms with Crippen molar-refractivity contribution in [3.63, 3.8) is 0 Å². The van der Waals surface area contributed by atoms with Gasteiger partial charge in [-0.2, -0.15) is 8.75 Å². The summed E-state index contributed by atoms with van der Waals surface area (Å²) in [5, 5.41) is 0. The van der Waals surface area contributed by atoms with E-state index >= 15 is 0 Å². The van der Waals surface area contributed by atoms with Crippen LogP contribution in [-0.4, -0.2) is 13.7 Å². The molecule has 0 saturated heterocycles. The first kappa shape index (κ1) is 6.48. The van der Waals surface area contributed by atoms with Crippen LogP contribution in [0, 0.1) is 6.92 Å². The number of aryl methyl sites for hydroxylation is 1. The molecule has 5 heteroatoms. The third kappa shape index (κ3) is 0.848. The standard InChI is InChI=1S/C6H5N3OS/c1-3-2-7-6(10)5-4(3)8-11-9-5/h2H,1H3,(H,7,10). The SMILES string of the molecule is Cc1c[nH]c(=O)c2nsnc12. The topological polar surface area (TPSA) is 58.6 Å². The maximum atomic E-state index is 11.0. The molecular formula is C6H5N3OS. The van der Waals surface area contributed by atoms with Gasteiger partial charge < -0.3 is 4.98 Å². The van der Waals surface area contributed by atoms with Gasteiger partial charge in [0.25, 0.3) is 5.56 Å². The smallest absolute Gasteiger partial charge is 0.277 e. The van der Waals surface area contributed by atoms with Gasteiger partial charge in [-0.1, -0.05) is 0 Å². The Bertz CT molecular complexity index is 444. The van der Waals surface area contributed by atoms with E-state index in [1.54, 1.807) is 6.20 Å². The molecule has 2 aromatic rings. The lowest BCUT2D eigenvalue weighted by atomic mass is 10.3. The summed E-state index contributed by atoms with van der Waals surface area (Å²) in [4.78, 5) is 13.6. The zero-order valence-corrected chi connectivity index (χ0v) is 6.60. The van der Waals surface area contributed by atoms with Gasteiger partial charge in [-0.15, -0.1) is 0 Å². The van der Waals surface area contributed by atoms with Crippen LogP contribution in [0.4, 0.5) is 0 Å². The molecule has 56 valence electrons. The monoisotopic (exact) mass is 167 g/mol. The van der Waals surface area contributed by atoms with Crippen LogP contribution >= 0.6 is 11.7 Å². The Labute approximate surface area is 66.2 Å². The van der Waals surface area contributed by atoms with E-state index in [-0.39, 0.29) is 5.56 Å². The van der Waals surface area contributed by atoms with Crippen LogP contribution in [-0.2, 0) is 0 Å². The fourth-order valence-electron chi connectivity index (χ4n) is 0.907. The van der Waals surface area contributed by atoms with Gasteiger partial charge >= 0.3 is 0 Å². The van der Waals surface area contributed by atoms with E-state index in [1.165, 1.54) is 0 Å². The minimum absolute atomic E-state index is 0.167. The molecule has 0 unspecified atom stereocenters. The summed E-state index contributed by atoms with van der Waals surface area (Å²) in [5.41, 5.74) is 1.93. The summed E-state index contributed by atoms with van der Waals surface area (Å²) < 4.78 is 7.86. The van der Waals surface area contributed by atoms with Crippen molar-refractivity contribution in [3.05, 3.63) is 22.1 Å². The van der Waals surface area contributed by atoms with Crippen LogP contribution in [0.1, 0.15) is 5.56 Å². The molecule has 2 rings (SSSR count). The molecule has 0 aliphatic carbocycles. The number of nitrogens with one attached hydrogen (secondary N) is 1. The summed E-state index contributed by atoms with van der Waals surface area (Å²) in [6.45, 7) is 1.89. The minimum Gasteiger partial charge on any atom is -0.327 e. The van der Waals surface area contributed by atoms with E-state index < -0.39 is 0 Å². The Morgan fingerprint density at radius 1 is 1.45 bits per heavy atom. The van der Waals surface area contributed by atoms with E-state index in [4.69, 9.17) is 0 Å². The number of H-pyrrole nitrogens is 1. The molecule has 0 aromatic carbocycles. The van der Waals surface area contributed by atoms with Gasteiger partial charge in [0.15, 0.2) is 5.52 Å². The number of nitrogens with zero attached hydrogens (tertiary/aromatic N) is 2. The molecule has 0 aliphatic heterocycles. The molecule has 1 N–H and O–H groups in total. The molecular weight excluding hydrogens is 162 g/mol. The van der Waals surface area contributed by atoms with Crippen molar-refractivity contribution in [2.24, 2.45) is 0 Å². The molecule has 0 aliphatic rings. The Balaban J connectivity index is 3.08. The quantitative estimate of drug-likeness (QED) is 0.628. The summed E-state index contributed by atoms with van der Waals surface area (Å²) in [5.74, 6) is 0. The lowest BCUT2D eigenvalue weighted by Crippen LogP contribution is -2.05. The Morgan fingerprint density at radius 3 is 2.91 bits per heavy atom. The molecule has 11 heavy (non-hydrogen) atoms. The lowest BCUT2D eigenvalue weighted by molar-refractivity contribution is 1.23. The molecule has 2 heterocycles. The summed E-state index contributed by atoms with van der Waals surface area (Å²) in [7, 11) is 0. The van der Waals surface area contributed by atoms with Crippen molar-refractivity contribution < 1.29 is 0 Å². The van der Waals surface area contributed by atoms with Crippen molar-refractivity contribution in [2.75, 3.05) is 0 Å². The minimum atomic E-state index is -0.167. The lowest BCUT2D eigenvalue weighted by Gasteiger charge is -1.89. The second kappa shape index (κ2) is 2.13. The Kier molecular flexibility index (Phi) is 1.25. The zero-order chi connectivity index (χ0) is 7.84. The second-order valence-electron chi connectivity index (χ2n) is 2.26. The van der Waals surface area contributed by atoms with Crippen molar-refractivity contribution in [1.82, 2.24) is 13.7 Å². The van der Waals surface area contributed by atoms with E-state index in [2.05, 4.69) is 13.7 Å². The number of fused-ring (bicyclic) bond motifs is 1. The van der Waals surface area contributed by atoms with Crippen LogP contribution in [0.3, 0.4) is 0 Å². The van der Waals surface area contributed by atoms with Crippen LogP contribution in [0.5, 0.6) is 0 Å². The average Bonchev–Trinajstić information content (AvgIpc) is 2.45. The van der Waals surface area contributed by atoms with Crippen molar-refractivity contribution in [1.29, 1.82) is 0 Å². The van der Waals surface area contributed by atoms with Gasteiger partial charge in [-0.25, -0.2) is 0 Å². The predicted molar refractivity (Wildman–Crippen MR) is 42.8 cm³/mol. The fourth-order valence-corrected chi connectivity index (χ4v) is 1.51. The highest BCUT2D eigenvalue weighted by molar-refractivity contribution is 7.00. The Hall–Kier alpha value is -1.23. The third-order valence-electron chi connectivity index (χ3n) is 1.50. The summed E-state index contributed by atoms with van der Waals surface area (Å²) in [6.07, 6.45) is 1.64. The van der Waals surface area contributed by atoms with E-state index in [0.29, 0.717) is 11.0 Å². The molecule has 0 bridgehead atoms. The average molecular weight is 167 g/mol. The van der Waals surface area contributed by atoms with E-state index in [9.17, 15) is 4.79 Å². The number of hydrogen-bond donors (Lipinski definition) is 1. The Morgan fingerprint density at radius 2 is 2.18 bits per heavy atom. The molecule has 0 fully saturated rings. The van der Waals surface area contributed by atoms with Gasteiger partial charge in [-0.05, 0) is 12.5 Å². The highest BCUT2D eigenvalue weighted by Crippen LogP contribution is 2.09. The van der Waals surface area contributed by atoms with Crippen molar-refractivity contribution in [2.45, 2.75) is 6.92 Å². The zero-order valence-electron chi connectivity index (χ0n) is 5.79. The van der Waals surface area contributed by atoms with E-state index in [0.717, 1.165) is 17.3 Å². The molecule has 4 nitrogen and oxygen atoms in total. The van der Waals surface area contributed by atoms with Crippen LogP contribution in [0.15, 0.2) is 11.0 Å². The molecule has 0 atom stereocenters. The molecule has 0 saturated carbocycles. The van der Waals surface area contributed by atoms with Crippen molar-refractivity contribution in [3.8, 4) is 0 Å². The number of rotatable bonds is 0. The first-order valence-electron chi connectivity index (χ1n) is 3.09. The van der Waals surface area contributed by atoms with Crippen LogP contribution < -0.4 is 5.56 Å². The number of hydrogen-bond acceptors (Lipinski definition) is 4. The summed E-state index contributed by atoms with van der Waals surface area (Å²) >= 11 is 1.06. The largest absolute Gasteiger partial charge is 0.327 e. The highest BCUT2D eigenvalue weighted by Gasteiger charge is 2.04. The summed E-state index contributed by atoms with van der Waals surface area (Å²) in [6, 6.07) is 0. The number of aromatic amines is 1. The van der Waals surface area contributed by atoms with Gasteiger partial charge in [0, 0.05) is 6.20 Å². The molecule has 2 aromatic heterocycles. The molecule has 0 radical (unpaired) electrons. The van der Waals surface area contributed by atoms with Gasteiger partial charge in [0.2, 0.25) is 0 Å². The highest BCUT2D eigenvalue weighted by atomic mass is 32.1. The maximum absolute atomic E-state index is 11.0. The van der Waals surface area contributed by atoms with E-state index in [1.807, 2.05) is 6.92 Å². The number of pyridine rings is 1. The van der Waals surface area contributed by atoms with Crippen LogP contribution in [0.25, 0.3) is 11.0 Å². The molecule has 0 amide bonds. The van der Waals surface area contributed by atoms with Crippen molar-refractivity contribution >= 4 is 22.8 Å². The first-order valence-corrected chi connectivity index (χ1v) is 3.82. The first-order chi connectivity index (χ1) is 5.29. The van der Waals surface area contributed by atoms with Crippen LogP contribution in [0.2, 0.25) is 0 Å². The van der Waals surface area contributed by atoms with Gasteiger partial charge in [-0.3, -0.25) is 4.79 Å². The third-order valence-corrected chi connectivity index (χ3v) is 2.03. The predicted octanol–water partition coefficient (Wildman–Crippen LogP) is 0.688. The normalized spacial score (nSPS) is 10.6. The van der Waals surface area contributed by atoms with Gasteiger partial charge in [0.1, 0.15) is 5.52 Å². The molecule has 0 spiro atoms. The fraction of sp³-hybridized carbons (Fsp3) is 0.167. The van der Waals surface area contributed by atoms with Gasteiger partial charge in [0.05, 0.1) is 11.7 Å². The second-order valence-corrected chi connectivity index (χ2v) is 2.79.